The lowest BCUT2D eigenvalue weighted by Crippen LogP contribution is -2.28. The fraction of sp³-hybridized carbons (Fsp3) is 0.462. The van der Waals surface area contributed by atoms with Crippen LogP contribution in [0.3, 0.4) is 0 Å². The van der Waals surface area contributed by atoms with Gasteiger partial charge in [-0.1, -0.05) is 15.9 Å². The van der Waals surface area contributed by atoms with E-state index in [4.69, 9.17) is 4.74 Å². The number of benzene rings is 1. The zero-order chi connectivity index (χ0) is 13.0. The van der Waals surface area contributed by atoms with Crippen molar-refractivity contribution in [3.63, 3.8) is 0 Å². The zero-order valence-electron chi connectivity index (χ0n) is 9.92. The number of halogens is 2. The second kappa shape index (κ2) is 6.86. The maximum absolute atomic E-state index is 11.9. The molecule has 0 radical (unpaired) electrons. The molecule has 98 valence electrons. The van der Waals surface area contributed by atoms with Crippen LogP contribution >= 0.6 is 38.5 Å². The monoisotopic (exact) mass is 423 g/mol. The van der Waals surface area contributed by atoms with Gasteiger partial charge in [-0.15, -0.1) is 0 Å². The van der Waals surface area contributed by atoms with Gasteiger partial charge in [0.15, 0.2) is 0 Å². The Hall–Kier alpha value is -0.140. The molecule has 0 bridgehead atoms. The van der Waals surface area contributed by atoms with E-state index in [9.17, 15) is 4.79 Å². The molecule has 0 aromatic heterocycles. The van der Waals surface area contributed by atoms with E-state index in [-0.39, 0.29) is 5.91 Å². The summed E-state index contributed by atoms with van der Waals surface area (Å²) >= 11 is 5.54. The Kier molecular flexibility index (Phi) is 5.44. The van der Waals surface area contributed by atoms with Crippen molar-refractivity contribution in [2.24, 2.45) is 5.92 Å². The minimum absolute atomic E-state index is 0.0456. The van der Waals surface area contributed by atoms with E-state index in [0.29, 0.717) is 18.7 Å². The summed E-state index contributed by atoms with van der Waals surface area (Å²) in [5, 5.41) is 2.87. The van der Waals surface area contributed by atoms with Crippen molar-refractivity contribution in [3.8, 4) is 0 Å². The zero-order valence-corrected chi connectivity index (χ0v) is 13.7. The molecule has 2 rings (SSSR count). The lowest BCUT2D eigenvalue weighted by Gasteiger charge is -2.08. The Labute approximate surface area is 129 Å². The summed E-state index contributed by atoms with van der Waals surface area (Å²) in [5.74, 6) is 0.724. The van der Waals surface area contributed by atoms with E-state index in [0.717, 1.165) is 20.6 Å². The Balaban J connectivity index is 1.74. The standard InChI is InChI=1S/C13H15BrINO2/c14-10-3-4-12(15)11(7-10)13(17)16-5-6-18-8-9-1-2-9/h3-4,7,9H,1-2,5-6,8H2,(H,16,17). The Bertz CT molecular complexity index is 435. The van der Waals surface area contributed by atoms with Crippen LogP contribution in [-0.4, -0.2) is 25.7 Å². The van der Waals surface area contributed by atoms with Gasteiger partial charge in [0, 0.05) is 21.2 Å². The third-order valence-corrected chi connectivity index (χ3v) is 4.19. The van der Waals surface area contributed by atoms with E-state index in [1.807, 2.05) is 18.2 Å². The van der Waals surface area contributed by atoms with Crippen molar-refractivity contribution in [3.05, 3.63) is 31.8 Å². The first-order chi connectivity index (χ1) is 8.66. The van der Waals surface area contributed by atoms with Crippen LogP contribution < -0.4 is 5.32 Å². The number of hydrogen-bond donors (Lipinski definition) is 1. The maximum Gasteiger partial charge on any atom is 0.252 e. The fourth-order valence-electron chi connectivity index (χ4n) is 1.54. The number of rotatable bonds is 6. The first kappa shape index (κ1) is 14.3. The average molecular weight is 424 g/mol. The maximum atomic E-state index is 11.9. The fourth-order valence-corrected chi connectivity index (χ4v) is 2.48. The topological polar surface area (TPSA) is 38.3 Å². The number of carbonyl (C=O) groups is 1. The molecule has 1 aromatic rings. The molecule has 18 heavy (non-hydrogen) atoms. The van der Waals surface area contributed by atoms with Gasteiger partial charge in [0.2, 0.25) is 0 Å². The second-order valence-electron chi connectivity index (χ2n) is 4.40. The van der Waals surface area contributed by atoms with Crippen LogP contribution in [0.2, 0.25) is 0 Å². The Morgan fingerprint density at radius 2 is 2.28 bits per heavy atom. The van der Waals surface area contributed by atoms with Crippen molar-refractivity contribution >= 4 is 44.4 Å². The third kappa shape index (κ3) is 4.51. The lowest BCUT2D eigenvalue weighted by molar-refractivity contribution is 0.0905. The highest BCUT2D eigenvalue weighted by Crippen LogP contribution is 2.28. The number of hydrogen-bond acceptors (Lipinski definition) is 2. The van der Waals surface area contributed by atoms with E-state index in [1.165, 1.54) is 12.8 Å². The number of carbonyl (C=O) groups excluding carboxylic acids is 1. The van der Waals surface area contributed by atoms with Crippen LogP contribution in [0.4, 0.5) is 0 Å². The van der Waals surface area contributed by atoms with E-state index >= 15 is 0 Å². The summed E-state index contributed by atoms with van der Waals surface area (Å²) in [6, 6.07) is 5.68. The summed E-state index contributed by atoms with van der Waals surface area (Å²) in [7, 11) is 0. The van der Waals surface area contributed by atoms with Gasteiger partial charge in [-0.2, -0.15) is 0 Å². The summed E-state index contributed by atoms with van der Waals surface area (Å²) in [4.78, 5) is 11.9. The first-order valence-corrected chi connectivity index (χ1v) is 7.85. The molecule has 0 aliphatic heterocycles. The van der Waals surface area contributed by atoms with Gasteiger partial charge < -0.3 is 10.1 Å². The molecule has 0 saturated heterocycles. The van der Waals surface area contributed by atoms with Crippen LogP contribution in [0.25, 0.3) is 0 Å². The van der Waals surface area contributed by atoms with Crippen molar-refractivity contribution in [2.45, 2.75) is 12.8 Å². The van der Waals surface area contributed by atoms with E-state index < -0.39 is 0 Å². The summed E-state index contributed by atoms with van der Waals surface area (Å²) in [6.45, 7) is 1.99. The lowest BCUT2D eigenvalue weighted by atomic mass is 10.2. The van der Waals surface area contributed by atoms with Crippen LogP contribution in [0.15, 0.2) is 22.7 Å². The van der Waals surface area contributed by atoms with Crippen LogP contribution in [0.1, 0.15) is 23.2 Å². The molecule has 1 aliphatic rings. The summed E-state index contributed by atoms with van der Waals surface area (Å²) in [5.41, 5.74) is 0.701. The van der Waals surface area contributed by atoms with Gasteiger partial charge in [0.1, 0.15) is 0 Å². The van der Waals surface area contributed by atoms with Crippen molar-refractivity contribution in [1.29, 1.82) is 0 Å². The number of nitrogens with one attached hydrogen (secondary N) is 1. The normalized spacial score (nSPS) is 14.6. The highest BCUT2D eigenvalue weighted by molar-refractivity contribution is 14.1. The van der Waals surface area contributed by atoms with Gasteiger partial charge in [-0.25, -0.2) is 0 Å². The van der Waals surface area contributed by atoms with Crippen LogP contribution in [0.5, 0.6) is 0 Å². The molecule has 0 unspecified atom stereocenters. The third-order valence-electron chi connectivity index (χ3n) is 2.76. The smallest absolute Gasteiger partial charge is 0.252 e. The largest absolute Gasteiger partial charge is 0.379 e. The molecule has 0 spiro atoms. The molecule has 5 heteroatoms. The molecular formula is C13H15BrINO2. The molecule has 1 saturated carbocycles. The Morgan fingerprint density at radius 3 is 3.00 bits per heavy atom. The number of ether oxygens (including phenoxy) is 1. The van der Waals surface area contributed by atoms with E-state index in [1.54, 1.807) is 0 Å². The molecule has 0 atom stereocenters. The van der Waals surface area contributed by atoms with Gasteiger partial charge in [-0.05, 0) is 59.5 Å². The predicted molar refractivity (Wildman–Crippen MR) is 82.7 cm³/mol. The molecule has 1 N–H and O–H groups in total. The highest BCUT2D eigenvalue weighted by Gasteiger charge is 2.20. The first-order valence-electron chi connectivity index (χ1n) is 5.98. The molecule has 1 fully saturated rings. The molecular weight excluding hydrogens is 409 g/mol. The van der Waals surface area contributed by atoms with Crippen molar-refractivity contribution < 1.29 is 9.53 Å². The molecule has 1 aromatic carbocycles. The minimum atomic E-state index is -0.0456. The van der Waals surface area contributed by atoms with Crippen molar-refractivity contribution in [1.82, 2.24) is 5.32 Å². The Morgan fingerprint density at radius 1 is 1.50 bits per heavy atom. The minimum Gasteiger partial charge on any atom is -0.379 e. The molecule has 3 nitrogen and oxygen atoms in total. The van der Waals surface area contributed by atoms with Gasteiger partial charge >= 0.3 is 0 Å². The predicted octanol–water partition coefficient (Wildman–Crippen LogP) is 3.21. The number of amides is 1. The average Bonchev–Trinajstić information content (AvgIpc) is 3.15. The van der Waals surface area contributed by atoms with Gasteiger partial charge in [0.25, 0.3) is 5.91 Å². The molecule has 1 aliphatic carbocycles. The highest BCUT2D eigenvalue weighted by atomic mass is 127. The van der Waals surface area contributed by atoms with Gasteiger partial charge in [-0.3, -0.25) is 4.79 Å². The summed E-state index contributed by atoms with van der Waals surface area (Å²) < 4.78 is 7.34. The quantitative estimate of drug-likeness (QED) is 0.563. The molecule has 1 amide bonds. The molecule has 0 heterocycles. The van der Waals surface area contributed by atoms with Gasteiger partial charge in [0.05, 0.1) is 12.2 Å². The van der Waals surface area contributed by atoms with E-state index in [2.05, 4.69) is 43.8 Å². The second-order valence-corrected chi connectivity index (χ2v) is 6.48. The summed E-state index contributed by atoms with van der Waals surface area (Å²) in [6.07, 6.45) is 2.59. The van der Waals surface area contributed by atoms with Crippen LogP contribution in [-0.2, 0) is 4.74 Å². The van der Waals surface area contributed by atoms with Crippen molar-refractivity contribution in [2.75, 3.05) is 19.8 Å². The van der Waals surface area contributed by atoms with Crippen LogP contribution in [0, 0.1) is 9.49 Å². The SMILES string of the molecule is O=C(NCCOCC1CC1)c1cc(Br)ccc1I.